The van der Waals surface area contributed by atoms with Gasteiger partial charge in [-0.1, -0.05) is 24.3 Å². The van der Waals surface area contributed by atoms with Gasteiger partial charge in [0, 0.05) is 5.56 Å². The molecule has 0 aliphatic rings. The van der Waals surface area contributed by atoms with E-state index in [4.69, 9.17) is 4.74 Å². The maximum atomic E-state index is 12.0. The SMILES string of the molecule is CCOc1ccc(C(=O)NNC(=O)Cc2ccccc2C)cc1. The quantitative estimate of drug-likeness (QED) is 0.833. The number of carbonyl (C=O) groups excluding carboxylic acids is 2. The minimum absolute atomic E-state index is 0.218. The van der Waals surface area contributed by atoms with Crippen LogP contribution in [0.4, 0.5) is 0 Å². The molecule has 0 saturated carbocycles. The maximum Gasteiger partial charge on any atom is 0.269 e. The molecule has 5 nitrogen and oxygen atoms in total. The second-order valence-electron chi connectivity index (χ2n) is 5.06. The monoisotopic (exact) mass is 312 g/mol. The van der Waals surface area contributed by atoms with Gasteiger partial charge in [0.05, 0.1) is 13.0 Å². The van der Waals surface area contributed by atoms with Crippen LogP contribution in [0, 0.1) is 6.92 Å². The van der Waals surface area contributed by atoms with Crippen LogP contribution in [0.15, 0.2) is 48.5 Å². The van der Waals surface area contributed by atoms with Crippen molar-refractivity contribution in [3.05, 3.63) is 65.2 Å². The molecule has 2 aromatic rings. The highest BCUT2D eigenvalue weighted by Gasteiger charge is 2.09. The molecule has 0 unspecified atom stereocenters. The summed E-state index contributed by atoms with van der Waals surface area (Å²) < 4.78 is 5.31. The zero-order valence-corrected chi connectivity index (χ0v) is 13.3. The third-order valence-corrected chi connectivity index (χ3v) is 3.36. The Morgan fingerprint density at radius 3 is 2.35 bits per heavy atom. The average Bonchev–Trinajstić information content (AvgIpc) is 2.56. The van der Waals surface area contributed by atoms with Crippen molar-refractivity contribution in [2.75, 3.05) is 6.61 Å². The minimum atomic E-state index is -0.369. The maximum absolute atomic E-state index is 12.0. The molecule has 0 aliphatic heterocycles. The standard InChI is InChI=1S/C18H20N2O3/c1-3-23-16-10-8-14(9-11-16)18(22)20-19-17(21)12-15-7-5-4-6-13(15)2/h4-11H,3,12H2,1-2H3,(H,19,21)(H,20,22). The van der Waals surface area contributed by atoms with Gasteiger partial charge in [0.1, 0.15) is 5.75 Å². The number of hydrogen-bond acceptors (Lipinski definition) is 3. The molecule has 0 saturated heterocycles. The number of rotatable bonds is 5. The lowest BCUT2D eigenvalue weighted by Crippen LogP contribution is -2.42. The molecule has 0 fully saturated rings. The molecule has 0 aromatic heterocycles. The van der Waals surface area contributed by atoms with E-state index in [0.717, 1.165) is 11.1 Å². The third kappa shape index (κ3) is 4.85. The molecular weight excluding hydrogens is 292 g/mol. The van der Waals surface area contributed by atoms with Crippen LogP contribution >= 0.6 is 0 Å². The predicted octanol–water partition coefficient (Wildman–Crippen LogP) is 2.40. The van der Waals surface area contributed by atoms with Gasteiger partial charge in [-0.3, -0.25) is 20.4 Å². The molecular formula is C18H20N2O3. The summed E-state index contributed by atoms with van der Waals surface area (Å²) in [4.78, 5) is 23.9. The zero-order chi connectivity index (χ0) is 16.7. The summed E-state index contributed by atoms with van der Waals surface area (Å²) in [6, 6.07) is 14.4. The van der Waals surface area contributed by atoms with Crippen molar-refractivity contribution < 1.29 is 14.3 Å². The second kappa shape index (κ2) is 7.98. The third-order valence-electron chi connectivity index (χ3n) is 3.36. The normalized spacial score (nSPS) is 10.0. The van der Waals surface area contributed by atoms with Crippen LogP contribution in [-0.4, -0.2) is 18.4 Å². The highest BCUT2D eigenvalue weighted by molar-refractivity contribution is 5.95. The van der Waals surface area contributed by atoms with Crippen molar-refractivity contribution in [1.29, 1.82) is 0 Å². The molecule has 2 N–H and O–H groups in total. The summed E-state index contributed by atoms with van der Waals surface area (Å²) in [5, 5.41) is 0. The van der Waals surface area contributed by atoms with Gasteiger partial charge in [-0.25, -0.2) is 0 Å². The van der Waals surface area contributed by atoms with Crippen LogP contribution in [-0.2, 0) is 11.2 Å². The second-order valence-corrected chi connectivity index (χ2v) is 5.06. The number of ether oxygens (including phenoxy) is 1. The number of benzene rings is 2. The first-order valence-corrected chi connectivity index (χ1v) is 7.46. The summed E-state index contributed by atoms with van der Waals surface area (Å²) in [7, 11) is 0. The Hall–Kier alpha value is -2.82. The summed E-state index contributed by atoms with van der Waals surface area (Å²) in [5.74, 6) is 0.0670. The predicted molar refractivity (Wildman–Crippen MR) is 88.1 cm³/mol. The van der Waals surface area contributed by atoms with Gasteiger partial charge in [-0.05, 0) is 49.2 Å². The fraction of sp³-hybridized carbons (Fsp3) is 0.222. The van der Waals surface area contributed by atoms with Gasteiger partial charge >= 0.3 is 0 Å². The first-order valence-electron chi connectivity index (χ1n) is 7.46. The Balaban J connectivity index is 1.86. The molecule has 0 heterocycles. The largest absolute Gasteiger partial charge is 0.494 e. The van der Waals surface area contributed by atoms with Crippen LogP contribution < -0.4 is 15.6 Å². The van der Waals surface area contributed by atoms with E-state index in [-0.39, 0.29) is 18.2 Å². The van der Waals surface area contributed by atoms with Crippen molar-refractivity contribution in [3.63, 3.8) is 0 Å². The van der Waals surface area contributed by atoms with Crippen molar-refractivity contribution >= 4 is 11.8 Å². The van der Waals surface area contributed by atoms with Gasteiger partial charge < -0.3 is 4.74 Å². The summed E-state index contributed by atoms with van der Waals surface area (Å²) in [5.41, 5.74) is 7.26. The van der Waals surface area contributed by atoms with Crippen LogP contribution in [0.3, 0.4) is 0 Å². The highest BCUT2D eigenvalue weighted by atomic mass is 16.5. The number of aryl methyl sites for hydroxylation is 1. The molecule has 120 valence electrons. The summed E-state index contributed by atoms with van der Waals surface area (Å²) >= 11 is 0. The minimum Gasteiger partial charge on any atom is -0.494 e. The average molecular weight is 312 g/mol. The van der Waals surface area contributed by atoms with E-state index in [1.54, 1.807) is 24.3 Å². The Labute approximate surface area is 135 Å². The number of nitrogens with one attached hydrogen (secondary N) is 2. The summed E-state index contributed by atoms with van der Waals surface area (Å²) in [6.45, 7) is 4.41. The number of amides is 2. The van der Waals surface area contributed by atoms with Crippen LogP contribution in [0.5, 0.6) is 5.75 Å². The molecule has 0 bridgehead atoms. The molecule has 5 heteroatoms. The number of hydrazine groups is 1. The Kier molecular flexibility index (Phi) is 5.74. The molecule has 0 spiro atoms. The summed E-state index contributed by atoms with van der Waals surface area (Å²) in [6.07, 6.45) is 0.218. The van der Waals surface area contributed by atoms with E-state index in [9.17, 15) is 9.59 Å². The Bertz CT molecular complexity index is 681. The molecule has 23 heavy (non-hydrogen) atoms. The van der Waals surface area contributed by atoms with Gasteiger partial charge in [-0.15, -0.1) is 0 Å². The van der Waals surface area contributed by atoms with E-state index in [0.29, 0.717) is 17.9 Å². The van der Waals surface area contributed by atoms with Crippen LogP contribution in [0.2, 0.25) is 0 Å². The van der Waals surface area contributed by atoms with Gasteiger partial charge in [-0.2, -0.15) is 0 Å². The van der Waals surface area contributed by atoms with Crippen molar-refractivity contribution in [2.45, 2.75) is 20.3 Å². The number of carbonyl (C=O) groups is 2. The van der Waals surface area contributed by atoms with E-state index < -0.39 is 0 Å². The smallest absolute Gasteiger partial charge is 0.269 e. The highest BCUT2D eigenvalue weighted by Crippen LogP contribution is 2.12. The first kappa shape index (κ1) is 16.5. The van der Waals surface area contributed by atoms with Crippen LogP contribution in [0.25, 0.3) is 0 Å². The van der Waals surface area contributed by atoms with Gasteiger partial charge in [0.2, 0.25) is 5.91 Å². The lowest BCUT2D eigenvalue weighted by Gasteiger charge is -2.09. The van der Waals surface area contributed by atoms with Crippen LogP contribution in [0.1, 0.15) is 28.4 Å². The fourth-order valence-electron chi connectivity index (χ4n) is 2.09. The molecule has 0 aliphatic carbocycles. The van der Waals surface area contributed by atoms with Gasteiger partial charge in [0.15, 0.2) is 0 Å². The van der Waals surface area contributed by atoms with Gasteiger partial charge in [0.25, 0.3) is 5.91 Å². The number of hydrogen-bond donors (Lipinski definition) is 2. The molecule has 2 aromatic carbocycles. The lowest BCUT2D eigenvalue weighted by molar-refractivity contribution is -0.121. The van der Waals surface area contributed by atoms with E-state index >= 15 is 0 Å². The van der Waals surface area contributed by atoms with Crippen molar-refractivity contribution in [2.24, 2.45) is 0 Å². The van der Waals surface area contributed by atoms with Crippen molar-refractivity contribution in [1.82, 2.24) is 10.9 Å². The van der Waals surface area contributed by atoms with E-state index in [1.807, 2.05) is 38.1 Å². The molecule has 2 rings (SSSR count). The molecule has 2 amide bonds. The lowest BCUT2D eigenvalue weighted by atomic mass is 10.1. The molecule has 0 radical (unpaired) electrons. The topological polar surface area (TPSA) is 67.4 Å². The Morgan fingerprint density at radius 2 is 1.70 bits per heavy atom. The first-order chi connectivity index (χ1) is 11.1. The molecule has 0 atom stereocenters. The Morgan fingerprint density at radius 1 is 1.00 bits per heavy atom. The fourth-order valence-corrected chi connectivity index (χ4v) is 2.09. The van der Waals surface area contributed by atoms with E-state index in [1.165, 1.54) is 0 Å². The van der Waals surface area contributed by atoms with E-state index in [2.05, 4.69) is 10.9 Å². The zero-order valence-electron chi connectivity index (χ0n) is 13.3. The van der Waals surface area contributed by atoms with Crippen molar-refractivity contribution in [3.8, 4) is 5.75 Å².